The summed E-state index contributed by atoms with van der Waals surface area (Å²) in [5.74, 6) is 0. The first kappa shape index (κ1) is 36.8. The lowest BCUT2D eigenvalue weighted by molar-refractivity contribution is 1.18. The van der Waals surface area contributed by atoms with E-state index in [1.54, 1.807) is 0 Å². The Hall–Kier alpha value is -8.20. The van der Waals surface area contributed by atoms with E-state index in [9.17, 15) is 0 Å². The van der Waals surface area contributed by atoms with E-state index in [4.69, 9.17) is 0 Å². The molecule has 0 atom stereocenters. The van der Waals surface area contributed by atoms with Crippen LogP contribution in [0.3, 0.4) is 0 Å². The lowest BCUT2D eigenvalue weighted by Gasteiger charge is -2.29. The van der Waals surface area contributed by atoms with Crippen molar-refractivity contribution in [2.45, 2.75) is 0 Å². The number of benzene rings is 10. The summed E-state index contributed by atoms with van der Waals surface area (Å²) in [6.45, 7) is 0. The highest BCUT2D eigenvalue weighted by atomic mass is 15.1. The van der Waals surface area contributed by atoms with E-state index in [-0.39, 0.29) is 0 Å². The maximum absolute atomic E-state index is 2.51. The Kier molecular flexibility index (Phi) is 9.57. The third-order valence-corrected chi connectivity index (χ3v) is 12.0. The zero-order valence-corrected chi connectivity index (χ0v) is 34.1. The van der Waals surface area contributed by atoms with Crippen molar-refractivity contribution in [2.75, 3.05) is 4.90 Å². The molecule has 11 aromatic rings. The summed E-state index contributed by atoms with van der Waals surface area (Å²) in [5.41, 5.74) is 18.4. The Balaban J connectivity index is 1.22. The van der Waals surface area contributed by atoms with Gasteiger partial charge < -0.3 is 9.47 Å². The summed E-state index contributed by atoms with van der Waals surface area (Å²) < 4.78 is 2.51. The molecule has 0 amide bonds. The van der Waals surface area contributed by atoms with E-state index < -0.39 is 0 Å². The standard InChI is InChI=1S/C60H42N2/c1-6-21-43(22-7-1)50-39-37-48(41-56(50)47-29-14-5-15-30-47)61(57-35-18-16-31-51(57)44-23-8-2-9-24-44)49-38-40-55-54-32-17-19-36-58(54)62(59(55)42-49)60-52(45-25-10-3-11-26-45)33-20-34-53(60)46-27-12-4-13-28-46/h1-42H. The molecule has 0 bridgehead atoms. The fourth-order valence-corrected chi connectivity index (χ4v) is 9.18. The number of rotatable bonds is 9. The first-order valence-corrected chi connectivity index (χ1v) is 21.3. The molecule has 0 unspecified atom stereocenters. The van der Waals surface area contributed by atoms with Gasteiger partial charge in [0, 0.05) is 38.8 Å². The molecule has 2 heteroatoms. The van der Waals surface area contributed by atoms with Gasteiger partial charge >= 0.3 is 0 Å². The minimum Gasteiger partial charge on any atom is -0.310 e. The van der Waals surface area contributed by atoms with Crippen LogP contribution in [0.4, 0.5) is 17.1 Å². The van der Waals surface area contributed by atoms with Gasteiger partial charge in [-0.25, -0.2) is 0 Å². The molecule has 62 heavy (non-hydrogen) atoms. The van der Waals surface area contributed by atoms with E-state index in [1.807, 2.05) is 0 Å². The minimum absolute atomic E-state index is 1.06. The summed E-state index contributed by atoms with van der Waals surface area (Å²) in [5, 5.41) is 2.41. The normalized spacial score (nSPS) is 11.2. The average Bonchev–Trinajstić information content (AvgIpc) is 3.68. The quantitative estimate of drug-likeness (QED) is 0.141. The zero-order chi connectivity index (χ0) is 41.2. The van der Waals surface area contributed by atoms with Gasteiger partial charge in [-0.2, -0.15) is 0 Å². The Morgan fingerprint density at radius 2 is 0.677 bits per heavy atom. The third-order valence-electron chi connectivity index (χ3n) is 12.0. The van der Waals surface area contributed by atoms with E-state index in [0.717, 1.165) is 44.9 Å². The van der Waals surface area contributed by atoms with Crippen LogP contribution in [0.1, 0.15) is 0 Å². The van der Waals surface area contributed by atoms with Gasteiger partial charge in [0.25, 0.3) is 0 Å². The maximum Gasteiger partial charge on any atom is 0.0618 e. The molecule has 0 aliphatic rings. The molecule has 0 spiro atoms. The Morgan fingerprint density at radius 3 is 1.27 bits per heavy atom. The second-order valence-electron chi connectivity index (χ2n) is 15.7. The van der Waals surface area contributed by atoms with Gasteiger partial charge in [-0.15, -0.1) is 0 Å². The van der Waals surface area contributed by atoms with E-state index >= 15 is 0 Å². The van der Waals surface area contributed by atoms with Crippen LogP contribution >= 0.6 is 0 Å². The second kappa shape index (κ2) is 16.1. The molecule has 1 aromatic heterocycles. The van der Waals surface area contributed by atoms with E-state index in [1.165, 1.54) is 55.3 Å². The van der Waals surface area contributed by atoms with Crippen molar-refractivity contribution in [1.82, 2.24) is 4.57 Å². The highest BCUT2D eigenvalue weighted by Crippen LogP contribution is 2.47. The topological polar surface area (TPSA) is 8.17 Å². The number of aromatic nitrogens is 1. The highest BCUT2D eigenvalue weighted by molar-refractivity contribution is 6.12. The molecule has 0 saturated heterocycles. The second-order valence-corrected chi connectivity index (χ2v) is 15.7. The lowest BCUT2D eigenvalue weighted by atomic mass is 9.93. The van der Waals surface area contributed by atoms with Gasteiger partial charge in [0.15, 0.2) is 0 Å². The molecular formula is C60H42N2. The summed E-state index contributed by atoms with van der Waals surface area (Å²) >= 11 is 0. The fraction of sp³-hybridized carbons (Fsp3) is 0. The van der Waals surface area contributed by atoms with Crippen LogP contribution in [0.15, 0.2) is 255 Å². The van der Waals surface area contributed by atoms with Crippen LogP contribution in [0.2, 0.25) is 0 Å². The SMILES string of the molecule is c1ccc(-c2ccc(N(c3ccc4c5ccccc5n(-c5c(-c6ccccc6)cccc5-c5ccccc5)c4c3)c3ccccc3-c3ccccc3)cc2-c2ccccc2)cc1. The molecule has 1 heterocycles. The minimum atomic E-state index is 1.06. The van der Waals surface area contributed by atoms with Gasteiger partial charge in [0.1, 0.15) is 0 Å². The predicted molar refractivity (Wildman–Crippen MR) is 263 cm³/mol. The van der Waals surface area contributed by atoms with Crippen LogP contribution in [0, 0.1) is 0 Å². The smallest absolute Gasteiger partial charge is 0.0618 e. The van der Waals surface area contributed by atoms with Gasteiger partial charge in [0.05, 0.1) is 22.4 Å². The van der Waals surface area contributed by atoms with Crippen molar-refractivity contribution < 1.29 is 0 Å². The largest absolute Gasteiger partial charge is 0.310 e. The monoisotopic (exact) mass is 790 g/mol. The number of hydrogen-bond donors (Lipinski definition) is 0. The van der Waals surface area contributed by atoms with E-state index in [0.29, 0.717) is 0 Å². The summed E-state index contributed by atoms with van der Waals surface area (Å²) in [6.07, 6.45) is 0. The van der Waals surface area contributed by atoms with Crippen molar-refractivity contribution in [1.29, 1.82) is 0 Å². The summed E-state index contributed by atoms with van der Waals surface area (Å²) in [7, 11) is 0. The van der Waals surface area contributed by atoms with Gasteiger partial charge in [-0.1, -0.05) is 218 Å². The van der Waals surface area contributed by atoms with E-state index in [2.05, 4.69) is 264 Å². The molecule has 0 saturated carbocycles. The summed E-state index contributed by atoms with van der Waals surface area (Å²) in [4.78, 5) is 2.45. The molecule has 0 fully saturated rings. The van der Waals surface area contributed by atoms with Crippen molar-refractivity contribution in [2.24, 2.45) is 0 Å². The molecule has 0 N–H and O–H groups in total. The molecule has 0 aliphatic carbocycles. The number of nitrogens with zero attached hydrogens (tertiary/aromatic N) is 2. The van der Waals surface area contributed by atoms with Crippen molar-refractivity contribution in [3.05, 3.63) is 255 Å². The molecule has 11 rings (SSSR count). The van der Waals surface area contributed by atoms with Crippen molar-refractivity contribution in [3.8, 4) is 61.3 Å². The maximum atomic E-state index is 2.51. The third kappa shape index (κ3) is 6.65. The number of hydrogen-bond acceptors (Lipinski definition) is 1. The molecule has 0 aliphatic heterocycles. The fourth-order valence-electron chi connectivity index (χ4n) is 9.18. The van der Waals surface area contributed by atoms with Crippen LogP contribution < -0.4 is 4.90 Å². The molecule has 2 nitrogen and oxygen atoms in total. The Bertz CT molecular complexity index is 3260. The van der Waals surface area contributed by atoms with Gasteiger partial charge in [-0.3, -0.25) is 0 Å². The average molecular weight is 791 g/mol. The zero-order valence-electron chi connectivity index (χ0n) is 34.1. The Labute approximate surface area is 362 Å². The van der Waals surface area contributed by atoms with Crippen LogP contribution in [0.5, 0.6) is 0 Å². The molecule has 0 radical (unpaired) electrons. The van der Waals surface area contributed by atoms with Crippen LogP contribution in [-0.4, -0.2) is 4.57 Å². The predicted octanol–water partition coefficient (Wildman–Crippen LogP) is 16.6. The van der Waals surface area contributed by atoms with Crippen molar-refractivity contribution in [3.63, 3.8) is 0 Å². The lowest BCUT2D eigenvalue weighted by Crippen LogP contribution is -2.12. The molecule has 292 valence electrons. The van der Waals surface area contributed by atoms with Gasteiger partial charge in [0.2, 0.25) is 0 Å². The molecule has 10 aromatic carbocycles. The first-order valence-electron chi connectivity index (χ1n) is 21.3. The Morgan fingerprint density at radius 1 is 0.258 bits per heavy atom. The molecular weight excluding hydrogens is 749 g/mol. The highest BCUT2D eigenvalue weighted by Gasteiger charge is 2.24. The van der Waals surface area contributed by atoms with Gasteiger partial charge in [-0.05, 0) is 75.3 Å². The van der Waals surface area contributed by atoms with Crippen LogP contribution in [0.25, 0.3) is 83.1 Å². The number of anilines is 3. The van der Waals surface area contributed by atoms with Crippen molar-refractivity contribution >= 4 is 38.9 Å². The number of para-hydroxylation sites is 3. The number of fused-ring (bicyclic) bond motifs is 3. The summed E-state index contributed by atoms with van der Waals surface area (Å²) in [6, 6.07) is 92.2. The first-order chi connectivity index (χ1) is 30.8. The van der Waals surface area contributed by atoms with Crippen LogP contribution in [-0.2, 0) is 0 Å².